The molecule has 0 amide bonds. The van der Waals surface area contributed by atoms with Crippen molar-refractivity contribution >= 4 is 38.2 Å². The summed E-state index contributed by atoms with van der Waals surface area (Å²) in [4.78, 5) is 1.36. The zero-order chi connectivity index (χ0) is 13.9. The van der Waals surface area contributed by atoms with Crippen LogP contribution in [-0.2, 0) is 6.42 Å². The minimum atomic E-state index is 0.0244. The maximum atomic E-state index is 5.94. The summed E-state index contributed by atoms with van der Waals surface area (Å²) in [6.45, 7) is 0. The lowest BCUT2D eigenvalue weighted by molar-refractivity contribution is 0.417. The van der Waals surface area contributed by atoms with E-state index in [1.165, 1.54) is 4.88 Å². The zero-order valence-corrected chi connectivity index (χ0v) is 13.2. The Balaban J connectivity index is 1.81. The molecule has 1 atom stereocenters. The molecular formula is C15H15BrN2OS. The van der Waals surface area contributed by atoms with Crippen molar-refractivity contribution in [2.75, 3.05) is 0 Å². The summed E-state index contributed by atoms with van der Waals surface area (Å²) >= 11 is 5.28. The summed E-state index contributed by atoms with van der Waals surface area (Å²) in [7, 11) is 0. The van der Waals surface area contributed by atoms with Crippen molar-refractivity contribution in [1.29, 1.82) is 0 Å². The summed E-state index contributed by atoms with van der Waals surface area (Å²) in [6.07, 6.45) is 1.90. The molecule has 1 aromatic carbocycles. The van der Waals surface area contributed by atoms with Crippen LogP contribution in [0.2, 0.25) is 0 Å². The van der Waals surface area contributed by atoms with E-state index in [-0.39, 0.29) is 6.04 Å². The van der Waals surface area contributed by atoms with Gasteiger partial charge in [-0.3, -0.25) is 5.84 Å². The zero-order valence-electron chi connectivity index (χ0n) is 10.8. The summed E-state index contributed by atoms with van der Waals surface area (Å²) in [5.41, 5.74) is 3.73. The standard InChI is InChI=1S/C15H15BrN2OS/c16-12-5-1-3-10-9-14(19-15(10)12)13(18-17)7-6-11-4-2-8-20-11/h1-5,8-9,13,18H,6-7,17H2. The van der Waals surface area contributed by atoms with Gasteiger partial charge in [0.1, 0.15) is 11.3 Å². The number of thiophene rings is 1. The normalized spacial score (nSPS) is 12.9. The van der Waals surface area contributed by atoms with Crippen molar-refractivity contribution in [3.05, 3.63) is 56.9 Å². The largest absolute Gasteiger partial charge is 0.458 e. The second-order valence-corrected chi connectivity index (χ2v) is 6.53. The third-order valence-electron chi connectivity index (χ3n) is 3.32. The summed E-state index contributed by atoms with van der Waals surface area (Å²) < 4.78 is 6.90. The number of halogens is 1. The van der Waals surface area contributed by atoms with E-state index in [0.29, 0.717) is 0 Å². The first kappa shape index (κ1) is 13.8. The number of aryl methyl sites for hydroxylation is 1. The molecule has 0 saturated heterocycles. The van der Waals surface area contributed by atoms with Gasteiger partial charge in [0.05, 0.1) is 10.5 Å². The van der Waals surface area contributed by atoms with E-state index < -0.39 is 0 Å². The van der Waals surface area contributed by atoms with Gasteiger partial charge in [-0.1, -0.05) is 18.2 Å². The van der Waals surface area contributed by atoms with E-state index in [1.54, 1.807) is 11.3 Å². The molecule has 2 heterocycles. The van der Waals surface area contributed by atoms with Crippen LogP contribution in [-0.4, -0.2) is 0 Å². The minimum absolute atomic E-state index is 0.0244. The van der Waals surface area contributed by atoms with Crippen molar-refractivity contribution in [3.63, 3.8) is 0 Å². The first-order chi connectivity index (χ1) is 9.78. The molecule has 0 spiro atoms. The van der Waals surface area contributed by atoms with Crippen LogP contribution in [0.4, 0.5) is 0 Å². The van der Waals surface area contributed by atoms with E-state index in [9.17, 15) is 0 Å². The highest BCUT2D eigenvalue weighted by Gasteiger charge is 2.16. The molecule has 3 aromatic rings. The number of hydrogen-bond acceptors (Lipinski definition) is 4. The number of furan rings is 1. The van der Waals surface area contributed by atoms with Gasteiger partial charge >= 0.3 is 0 Å². The van der Waals surface area contributed by atoms with Crippen LogP contribution < -0.4 is 11.3 Å². The van der Waals surface area contributed by atoms with Gasteiger partial charge in [0, 0.05) is 10.3 Å². The van der Waals surface area contributed by atoms with E-state index in [2.05, 4.69) is 44.9 Å². The van der Waals surface area contributed by atoms with E-state index >= 15 is 0 Å². The molecule has 0 aliphatic rings. The number of hydrazine groups is 1. The molecule has 0 radical (unpaired) electrons. The van der Waals surface area contributed by atoms with Gasteiger partial charge in [0.2, 0.25) is 0 Å². The molecule has 0 saturated carbocycles. The molecule has 3 N–H and O–H groups in total. The Morgan fingerprint density at radius 1 is 1.30 bits per heavy atom. The molecule has 0 aliphatic heterocycles. The maximum absolute atomic E-state index is 5.94. The number of rotatable bonds is 5. The molecule has 1 unspecified atom stereocenters. The average Bonchev–Trinajstić information content (AvgIpc) is 3.09. The molecule has 0 bridgehead atoms. The van der Waals surface area contributed by atoms with E-state index in [0.717, 1.165) is 34.0 Å². The second-order valence-electron chi connectivity index (χ2n) is 4.64. The Bertz CT molecular complexity index is 693. The molecule has 0 fully saturated rings. The maximum Gasteiger partial charge on any atom is 0.148 e. The topological polar surface area (TPSA) is 51.2 Å². The Morgan fingerprint density at radius 2 is 2.20 bits per heavy atom. The predicted octanol–water partition coefficient (Wildman–Crippen LogP) is 4.39. The fraction of sp³-hybridized carbons (Fsp3) is 0.200. The molecule has 3 rings (SSSR count). The monoisotopic (exact) mass is 350 g/mol. The van der Waals surface area contributed by atoms with Crippen LogP contribution in [0.15, 0.2) is 50.7 Å². The molecular weight excluding hydrogens is 336 g/mol. The number of nitrogens with one attached hydrogen (secondary N) is 1. The number of para-hydroxylation sites is 1. The summed E-state index contributed by atoms with van der Waals surface area (Å²) in [6, 6.07) is 12.3. The lowest BCUT2D eigenvalue weighted by Crippen LogP contribution is -2.28. The smallest absolute Gasteiger partial charge is 0.148 e. The van der Waals surface area contributed by atoms with Crippen molar-refractivity contribution < 1.29 is 4.42 Å². The minimum Gasteiger partial charge on any atom is -0.458 e. The highest BCUT2D eigenvalue weighted by Crippen LogP contribution is 2.31. The van der Waals surface area contributed by atoms with Gasteiger partial charge in [0.15, 0.2) is 0 Å². The van der Waals surface area contributed by atoms with Crippen molar-refractivity contribution in [2.24, 2.45) is 5.84 Å². The number of benzene rings is 1. The quantitative estimate of drug-likeness (QED) is 0.529. The van der Waals surface area contributed by atoms with Crippen LogP contribution >= 0.6 is 27.3 Å². The van der Waals surface area contributed by atoms with Crippen LogP contribution in [0.5, 0.6) is 0 Å². The van der Waals surface area contributed by atoms with Gasteiger partial charge in [-0.25, -0.2) is 5.43 Å². The number of fused-ring (bicyclic) bond motifs is 1. The lowest BCUT2D eigenvalue weighted by atomic mass is 10.1. The molecule has 20 heavy (non-hydrogen) atoms. The third-order valence-corrected chi connectivity index (χ3v) is 4.88. The molecule has 5 heteroatoms. The second kappa shape index (κ2) is 6.10. The first-order valence-electron chi connectivity index (χ1n) is 6.44. The number of nitrogens with two attached hydrogens (primary N) is 1. The van der Waals surface area contributed by atoms with Crippen LogP contribution in [0.25, 0.3) is 11.0 Å². The highest BCUT2D eigenvalue weighted by atomic mass is 79.9. The van der Waals surface area contributed by atoms with Crippen molar-refractivity contribution in [1.82, 2.24) is 5.43 Å². The predicted molar refractivity (Wildman–Crippen MR) is 86.6 cm³/mol. The Hall–Kier alpha value is -1.14. The lowest BCUT2D eigenvalue weighted by Gasteiger charge is -2.12. The fourth-order valence-electron chi connectivity index (χ4n) is 2.27. The van der Waals surface area contributed by atoms with Crippen LogP contribution in [0.3, 0.4) is 0 Å². The van der Waals surface area contributed by atoms with E-state index in [1.807, 2.05) is 18.2 Å². The number of hydrogen-bond donors (Lipinski definition) is 2. The molecule has 104 valence electrons. The van der Waals surface area contributed by atoms with Gasteiger partial charge in [-0.15, -0.1) is 11.3 Å². The Kier molecular flexibility index (Phi) is 4.21. The van der Waals surface area contributed by atoms with Crippen LogP contribution in [0.1, 0.15) is 23.1 Å². The average molecular weight is 351 g/mol. The van der Waals surface area contributed by atoms with Crippen molar-refractivity contribution in [2.45, 2.75) is 18.9 Å². The Morgan fingerprint density at radius 3 is 2.90 bits per heavy atom. The molecule has 0 aliphatic carbocycles. The molecule has 2 aromatic heterocycles. The fourth-order valence-corrected chi connectivity index (χ4v) is 3.46. The first-order valence-corrected chi connectivity index (χ1v) is 8.11. The van der Waals surface area contributed by atoms with E-state index in [4.69, 9.17) is 10.3 Å². The summed E-state index contributed by atoms with van der Waals surface area (Å²) in [5.74, 6) is 6.57. The summed E-state index contributed by atoms with van der Waals surface area (Å²) in [5, 5.41) is 3.18. The third kappa shape index (κ3) is 2.81. The van der Waals surface area contributed by atoms with Crippen LogP contribution in [0, 0.1) is 0 Å². The SMILES string of the molecule is NNC(CCc1cccs1)c1cc2cccc(Br)c2o1. The van der Waals surface area contributed by atoms with Gasteiger partial charge in [0.25, 0.3) is 0 Å². The molecule has 3 nitrogen and oxygen atoms in total. The van der Waals surface area contributed by atoms with Gasteiger partial charge in [-0.05, 0) is 52.4 Å². The highest BCUT2D eigenvalue weighted by molar-refractivity contribution is 9.10. The van der Waals surface area contributed by atoms with Crippen molar-refractivity contribution in [3.8, 4) is 0 Å². The van der Waals surface area contributed by atoms with Gasteiger partial charge < -0.3 is 4.42 Å². The van der Waals surface area contributed by atoms with Gasteiger partial charge in [-0.2, -0.15) is 0 Å². The Labute approximate surface area is 129 Å².